The van der Waals surface area contributed by atoms with Gasteiger partial charge in [0.15, 0.2) is 0 Å². The Bertz CT molecular complexity index is 35.4. The Balaban J connectivity index is 2.53. The van der Waals surface area contributed by atoms with E-state index in [9.17, 15) is 0 Å². The first kappa shape index (κ1) is 8.66. The fourth-order valence-corrected chi connectivity index (χ4v) is 1.69. The molecule has 0 saturated carbocycles. The lowest BCUT2D eigenvalue weighted by molar-refractivity contribution is 0.375. The summed E-state index contributed by atoms with van der Waals surface area (Å²) in [7, 11) is 0. The maximum atomic E-state index is 8.32. The van der Waals surface area contributed by atoms with Crippen molar-refractivity contribution in [2.75, 3.05) is 23.2 Å². The summed E-state index contributed by atoms with van der Waals surface area (Å²) in [6, 6.07) is 0. The van der Waals surface area contributed by atoms with Crippen molar-refractivity contribution in [1.82, 2.24) is 0 Å². The first-order valence-corrected chi connectivity index (χ1v) is 4.99. The maximum Gasteiger partial charge on any atom is 0.0886 e. The molecule has 0 saturated heterocycles. The molecule has 8 heavy (non-hydrogen) atoms. The third-order valence-electron chi connectivity index (χ3n) is 0.667. The molecule has 0 amide bonds. The van der Waals surface area contributed by atoms with Crippen LogP contribution in [-0.4, -0.2) is 28.3 Å². The van der Waals surface area contributed by atoms with E-state index in [2.05, 4.69) is 6.92 Å². The van der Waals surface area contributed by atoms with Gasteiger partial charge in [-0.15, -0.1) is 11.8 Å². The molecule has 0 spiro atoms. The van der Waals surface area contributed by atoms with Gasteiger partial charge in [-0.1, -0.05) is 6.92 Å². The predicted molar refractivity (Wildman–Crippen MR) is 42.5 cm³/mol. The summed E-state index contributed by atoms with van der Waals surface area (Å²) < 4.78 is 0. The zero-order chi connectivity index (χ0) is 6.24. The highest BCUT2D eigenvalue weighted by Gasteiger charge is 1.83. The van der Waals surface area contributed by atoms with E-state index >= 15 is 0 Å². The molecule has 0 aromatic carbocycles. The number of hydrogen-bond acceptors (Lipinski definition) is 3. The summed E-state index contributed by atoms with van der Waals surface area (Å²) in [4.78, 5) is 0. The smallest absolute Gasteiger partial charge is 0.0886 e. The molecule has 0 heterocycles. The largest absolute Gasteiger partial charge is 0.386 e. The Kier molecular flexibility index (Phi) is 8.29. The first-order chi connectivity index (χ1) is 3.91. The van der Waals surface area contributed by atoms with Crippen LogP contribution in [0.4, 0.5) is 0 Å². The number of thioether (sulfide) groups is 2. The van der Waals surface area contributed by atoms with Crippen molar-refractivity contribution in [3.8, 4) is 0 Å². The van der Waals surface area contributed by atoms with Gasteiger partial charge in [0.05, 0.1) is 5.94 Å². The molecule has 0 bridgehead atoms. The summed E-state index contributed by atoms with van der Waals surface area (Å²) in [5.74, 6) is 3.70. The fourth-order valence-electron chi connectivity index (χ4n) is 0.327. The highest BCUT2D eigenvalue weighted by molar-refractivity contribution is 8.02. The van der Waals surface area contributed by atoms with Crippen LogP contribution < -0.4 is 0 Å². The highest BCUT2D eigenvalue weighted by atomic mass is 32.2. The van der Waals surface area contributed by atoms with Crippen LogP contribution in [-0.2, 0) is 0 Å². The van der Waals surface area contributed by atoms with Gasteiger partial charge in [0.2, 0.25) is 0 Å². The molecule has 0 fully saturated rings. The van der Waals surface area contributed by atoms with Crippen LogP contribution in [0.1, 0.15) is 6.92 Å². The molecule has 0 aliphatic rings. The minimum Gasteiger partial charge on any atom is -0.386 e. The molecule has 1 N–H and O–H groups in total. The molecule has 50 valence electrons. The second-order valence-corrected chi connectivity index (χ2v) is 3.70. The van der Waals surface area contributed by atoms with Gasteiger partial charge in [0, 0.05) is 11.5 Å². The zero-order valence-corrected chi connectivity index (χ0v) is 6.73. The van der Waals surface area contributed by atoms with Crippen LogP contribution in [0.25, 0.3) is 0 Å². The van der Waals surface area contributed by atoms with Crippen molar-refractivity contribution < 1.29 is 5.11 Å². The van der Waals surface area contributed by atoms with Gasteiger partial charge in [0.25, 0.3) is 0 Å². The molecule has 0 aromatic heterocycles. The van der Waals surface area contributed by atoms with Crippen LogP contribution in [0.2, 0.25) is 0 Å². The van der Waals surface area contributed by atoms with E-state index in [4.69, 9.17) is 5.11 Å². The summed E-state index contributed by atoms with van der Waals surface area (Å²) >= 11 is 3.50. The maximum absolute atomic E-state index is 8.32. The number of aliphatic hydroxyl groups is 1. The van der Waals surface area contributed by atoms with Crippen molar-refractivity contribution in [3.05, 3.63) is 0 Å². The lowest BCUT2D eigenvalue weighted by Gasteiger charge is -1.93. The highest BCUT2D eigenvalue weighted by Crippen LogP contribution is 2.03. The third-order valence-corrected chi connectivity index (χ3v) is 2.50. The monoisotopic (exact) mass is 152 g/mol. The Morgan fingerprint density at radius 1 is 1.25 bits per heavy atom. The van der Waals surface area contributed by atoms with Crippen molar-refractivity contribution in [1.29, 1.82) is 0 Å². The second kappa shape index (κ2) is 7.66. The van der Waals surface area contributed by atoms with E-state index in [1.54, 1.807) is 11.8 Å². The van der Waals surface area contributed by atoms with Gasteiger partial charge < -0.3 is 5.11 Å². The van der Waals surface area contributed by atoms with Gasteiger partial charge in [-0.3, -0.25) is 0 Å². The molecule has 0 radical (unpaired) electrons. The number of hydrogen-bond donors (Lipinski definition) is 1. The van der Waals surface area contributed by atoms with Gasteiger partial charge >= 0.3 is 0 Å². The van der Waals surface area contributed by atoms with Crippen LogP contribution in [0.5, 0.6) is 0 Å². The van der Waals surface area contributed by atoms with Crippen LogP contribution in [0.3, 0.4) is 0 Å². The summed E-state index contributed by atoms with van der Waals surface area (Å²) in [6.45, 7) is 2.15. The number of aliphatic hydroxyl groups excluding tert-OH is 1. The van der Waals surface area contributed by atoms with Gasteiger partial charge in [0.1, 0.15) is 0 Å². The van der Waals surface area contributed by atoms with Gasteiger partial charge in [-0.2, -0.15) is 11.8 Å². The van der Waals surface area contributed by atoms with Crippen molar-refractivity contribution >= 4 is 23.5 Å². The topological polar surface area (TPSA) is 20.2 Å². The molecule has 0 aromatic rings. The van der Waals surface area contributed by atoms with E-state index in [0.717, 1.165) is 5.75 Å². The van der Waals surface area contributed by atoms with E-state index in [-0.39, 0.29) is 5.94 Å². The Hall–Kier alpha value is 0.660. The zero-order valence-electron chi connectivity index (χ0n) is 5.09. The molecule has 0 rings (SSSR count). The summed E-state index contributed by atoms with van der Waals surface area (Å²) in [5.41, 5.74) is 0. The Morgan fingerprint density at radius 2 is 1.88 bits per heavy atom. The van der Waals surface area contributed by atoms with Crippen LogP contribution >= 0.6 is 23.5 Å². The molecule has 0 aliphatic heterocycles. The molecule has 0 unspecified atom stereocenters. The molecular formula is C5H12OS2. The van der Waals surface area contributed by atoms with E-state index in [1.165, 1.54) is 11.5 Å². The van der Waals surface area contributed by atoms with Crippen LogP contribution in [0.15, 0.2) is 0 Å². The van der Waals surface area contributed by atoms with Crippen LogP contribution in [0, 0.1) is 0 Å². The summed E-state index contributed by atoms with van der Waals surface area (Å²) in [5, 5.41) is 8.32. The summed E-state index contributed by atoms with van der Waals surface area (Å²) in [6.07, 6.45) is 0. The molecule has 1 nitrogen and oxygen atoms in total. The lowest BCUT2D eigenvalue weighted by Crippen LogP contribution is -1.85. The van der Waals surface area contributed by atoms with E-state index in [1.807, 2.05) is 11.8 Å². The van der Waals surface area contributed by atoms with Crippen molar-refractivity contribution in [3.63, 3.8) is 0 Å². The normalized spacial score (nSPS) is 9.75. The second-order valence-electron chi connectivity index (χ2n) is 1.23. The molecule has 3 heteroatoms. The van der Waals surface area contributed by atoms with Crippen molar-refractivity contribution in [2.45, 2.75) is 6.92 Å². The van der Waals surface area contributed by atoms with Crippen molar-refractivity contribution in [2.24, 2.45) is 0 Å². The number of rotatable bonds is 5. The average molecular weight is 152 g/mol. The minimum atomic E-state index is 0.268. The SMILES string of the molecule is CCSCCSCO. The fraction of sp³-hybridized carbons (Fsp3) is 1.00. The first-order valence-electron chi connectivity index (χ1n) is 2.68. The molecule has 0 atom stereocenters. The molecule has 0 aliphatic carbocycles. The van der Waals surface area contributed by atoms with E-state index in [0.29, 0.717) is 0 Å². The van der Waals surface area contributed by atoms with Gasteiger partial charge in [-0.25, -0.2) is 0 Å². The predicted octanol–water partition coefficient (Wildman–Crippen LogP) is 1.42. The van der Waals surface area contributed by atoms with Gasteiger partial charge in [-0.05, 0) is 5.75 Å². The van der Waals surface area contributed by atoms with E-state index < -0.39 is 0 Å². The third kappa shape index (κ3) is 6.66. The lowest BCUT2D eigenvalue weighted by atomic mass is 10.9. The average Bonchev–Trinajstić information content (AvgIpc) is 1.81. The Labute approximate surface area is 59.2 Å². The molecular weight excluding hydrogens is 140 g/mol. The Morgan fingerprint density at radius 3 is 2.38 bits per heavy atom. The quantitative estimate of drug-likeness (QED) is 0.475. The standard InChI is InChI=1S/C5H12OS2/c1-2-7-3-4-8-5-6/h6H,2-5H2,1H3. The minimum absolute atomic E-state index is 0.268.